The Balaban J connectivity index is 1.76. The fourth-order valence-electron chi connectivity index (χ4n) is 2.18. The van der Waals surface area contributed by atoms with Crippen LogP contribution in [0.1, 0.15) is 19.3 Å². The van der Waals surface area contributed by atoms with Gasteiger partial charge in [0.05, 0.1) is 12.1 Å². The van der Waals surface area contributed by atoms with Crippen LogP contribution in [0.25, 0.3) is 0 Å². The van der Waals surface area contributed by atoms with Crippen LogP contribution >= 0.6 is 0 Å². The van der Waals surface area contributed by atoms with Crippen LogP contribution in [0.3, 0.4) is 0 Å². The zero-order valence-electron chi connectivity index (χ0n) is 8.83. The fourth-order valence-corrected chi connectivity index (χ4v) is 2.18. The topological polar surface area (TPSA) is 73.4 Å². The number of carbonyl (C=O) groups is 1. The maximum atomic E-state index is 11.8. The monoisotopic (exact) mass is 213 g/mol. The number of piperidine rings is 1. The first-order valence-corrected chi connectivity index (χ1v) is 5.68. The maximum absolute atomic E-state index is 11.8. The number of β-amino-alcohol motifs (C(OH)–C–C–N with tert-alkyl or cyclic N) is 1. The van der Waals surface area contributed by atoms with Gasteiger partial charge < -0.3 is 21.1 Å². The summed E-state index contributed by atoms with van der Waals surface area (Å²) in [5, 5.41) is 18.6. The Morgan fingerprint density at radius 3 is 2.67 bits per heavy atom. The molecule has 2 saturated heterocycles. The minimum atomic E-state index is -0.367. The van der Waals surface area contributed by atoms with Crippen LogP contribution in [-0.2, 0) is 4.79 Å². The summed E-state index contributed by atoms with van der Waals surface area (Å²) < 4.78 is 0. The highest BCUT2D eigenvalue weighted by atomic mass is 16.3. The van der Waals surface area contributed by atoms with Gasteiger partial charge in [-0.15, -0.1) is 0 Å². The molecule has 2 aliphatic rings. The predicted molar refractivity (Wildman–Crippen MR) is 56.4 cm³/mol. The van der Waals surface area contributed by atoms with E-state index in [0.717, 1.165) is 25.9 Å². The van der Waals surface area contributed by atoms with Gasteiger partial charge in [-0.3, -0.25) is 4.79 Å². The summed E-state index contributed by atoms with van der Waals surface area (Å²) in [4.78, 5) is 11.8. The van der Waals surface area contributed by atoms with Crippen LogP contribution in [0.4, 0.5) is 0 Å². The van der Waals surface area contributed by atoms with Crippen LogP contribution < -0.4 is 16.0 Å². The SMILES string of the molecule is O=C(NC1CCNCC1)C1C[C@@H](O)CN1. The van der Waals surface area contributed by atoms with E-state index in [1.54, 1.807) is 0 Å². The molecule has 0 radical (unpaired) electrons. The van der Waals surface area contributed by atoms with E-state index in [1.165, 1.54) is 0 Å². The molecular formula is C10H19N3O2. The molecule has 2 fully saturated rings. The number of hydrogen-bond acceptors (Lipinski definition) is 4. The largest absolute Gasteiger partial charge is 0.392 e. The van der Waals surface area contributed by atoms with Crippen molar-refractivity contribution >= 4 is 5.91 Å². The minimum Gasteiger partial charge on any atom is -0.392 e. The molecule has 2 heterocycles. The van der Waals surface area contributed by atoms with Crippen LogP contribution in [0.5, 0.6) is 0 Å². The van der Waals surface area contributed by atoms with Gasteiger partial charge in [-0.25, -0.2) is 0 Å². The average molecular weight is 213 g/mol. The standard InChI is InChI=1S/C10H19N3O2/c14-8-5-9(12-6-8)10(15)13-7-1-3-11-4-2-7/h7-9,11-12,14H,1-6H2,(H,13,15)/t8-,9?/m1/s1. The number of nitrogens with one attached hydrogen (secondary N) is 3. The maximum Gasteiger partial charge on any atom is 0.237 e. The molecule has 86 valence electrons. The molecule has 4 N–H and O–H groups in total. The third kappa shape index (κ3) is 2.90. The highest BCUT2D eigenvalue weighted by Crippen LogP contribution is 2.08. The summed E-state index contributed by atoms with van der Waals surface area (Å²) in [6, 6.07) is 0.105. The molecular weight excluding hydrogens is 194 g/mol. The summed E-state index contributed by atoms with van der Waals surface area (Å²) in [5.41, 5.74) is 0. The normalized spacial score (nSPS) is 32.9. The summed E-state index contributed by atoms with van der Waals surface area (Å²) in [5.74, 6) is 0.0402. The van der Waals surface area contributed by atoms with Crippen molar-refractivity contribution in [2.24, 2.45) is 0 Å². The Labute approximate surface area is 89.6 Å². The lowest BCUT2D eigenvalue weighted by molar-refractivity contribution is -0.123. The molecule has 1 unspecified atom stereocenters. The summed E-state index contributed by atoms with van der Waals surface area (Å²) in [6.07, 6.45) is 2.17. The Bertz CT molecular complexity index is 229. The number of rotatable bonds is 2. The van der Waals surface area contributed by atoms with Crippen molar-refractivity contribution in [3.05, 3.63) is 0 Å². The van der Waals surface area contributed by atoms with Gasteiger partial charge in [0, 0.05) is 12.6 Å². The molecule has 2 aliphatic heterocycles. The van der Waals surface area contributed by atoms with E-state index in [9.17, 15) is 9.90 Å². The molecule has 5 nitrogen and oxygen atoms in total. The number of carbonyl (C=O) groups excluding carboxylic acids is 1. The number of aliphatic hydroxyl groups excluding tert-OH is 1. The highest BCUT2D eigenvalue weighted by molar-refractivity contribution is 5.82. The Kier molecular flexibility index (Phi) is 3.56. The first kappa shape index (κ1) is 10.9. The fraction of sp³-hybridized carbons (Fsp3) is 0.900. The Morgan fingerprint density at radius 2 is 2.07 bits per heavy atom. The van der Waals surface area contributed by atoms with Crippen molar-refractivity contribution in [1.82, 2.24) is 16.0 Å². The van der Waals surface area contributed by atoms with E-state index < -0.39 is 0 Å². The Morgan fingerprint density at radius 1 is 1.33 bits per heavy atom. The lowest BCUT2D eigenvalue weighted by Gasteiger charge is -2.25. The predicted octanol–water partition coefficient (Wildman–Crippen LogP) is -1.42. The molecule has 0 aromatic rings. The number of amides is 1. The van der Waals surface area contributed by atoms with Gasteiger partial charge >= 0.3 is 0 Å². The van der Waals surface area contributed by atoms with E-state index in [0.29, 0.717) is 19.0 Å². The van der Waals surface area contributed by atoms with Gasteiger partial charge in [0.1, 0.15) is 0 Å². The third-order valence-corrected chi connectivity index (χ3v) is 3.11. The first-order chi connectivity index (χ1) is 7.25. The molecule has 1 amide bonds. The zero-order valence-corrected chi connectivity index (χ0v) is 8.83. The molecule has 0 aliphatic carbocycles. The molecule has 2 rings (SSSR count). The van der Waals surface area contributed by atoms with E-state index >= 15 is 0 Å². The van der Waals surface area contributed by atoms with Crippen molar-refractivity contribution in [2.45, 2.75) is 37.5 Å². The van der Waals surface area contributed by atoms with E-state index in [-0.39, 0.29) is 18.1 Å². The van der Waals surface area contributed by atoms with E-state index in [2.05, 4.69) is 16.0 Å². The van der Waals surface area contributed by atoms with Crippen LogP contribution in [0.15, 0.2) is 0 Å². The molecule has 0 spiro atoms. The lowest BCUT2D eigenvalue weighted by Crippen LogP contribution is -2.48. The van der Waals surface area contributed by atoms with Crippen molar-refractivity contribution < 1.29 is 9.90 Å². The summed E-state index contributed by atoms with van der Waals surface area (Å²) in [6.45, 7) is 2.49. The second-order valence-electron chi connectivity index (χ2n) is 4.38. The van der Waals surface area contributed by atoms with Crippen molar-refractivity contribution in [3.8, 4) is 0 Å². The quantitative estimate of drug-likeness (QED) is 0.454. The second kappa shape index (κ2) is 4.92. The third-order valence-electron chi connectivity index (χ3n) is 3.11. The zero-order chi connectivity index (χ0) is 10.7. The second-order valence-corrected chi connectivity index (χ2v) is 4.38. The molecule has 0 saturated carbocycles. The van der Waals surface area contributed by atoms with Crippen molar-refractivity contribution in [2.75, 3.05) is 19.6 Å². The smallest absolute Gasteiger partial charge is 0.237 e. The van der Waals surface area contributed by atoms with Gasteiger partial charge in [0.25, 0.3) is 0 Å². The molecule has 0 aromatic carbocycles. The van der Waals surface area contributed by atoms with E-state index in [1.807, 2.05) is 0 Å². The molecule has 0 bridgehead atoms. The van der Waals surface area contributed by atoms with Gasteiger partial charge in [0.2, 0.25) is 5.91 Å². The van der Waals surface area contributed by atoms with E-state index in [4.69, 9.17) is 0 Å². The van der Waals surface area contributed by atoms with Gasteiger partial charge in [-0.05, 0) is 32.4 Å². The lowest BCUT2D eigenvalue weighted by atomic mass is 10.1. The average Bonchev–Trinajstić information content (AvgIpc) is 2.66. The summed E-state index contributed by atoms with van der Waals surface area (Å²) in [7, 11) is 0. The van der Waals surface area contributed by atoms with Gasteiger partial charge in [-0.2, -0.15) is 0 Å². The Hall–Kier alpha value is -0.650. The highest BCUT2D eigenvalue weighted by Gasteiger charge is 2.29. The van der Waals surface area contributed by atoms with Crippen molar-refractivity contribution in [1.29, 1.82) is 0 Å². The molecule has 2 atom stereocenters. The van der Waals surface area contributed by atoms with Crippen LogP contribution in [0.2, 0.25) is 0 Å². The first-order valence-electron chi connectivity index (χ1n) is 5.68. The van der Waals surface area contributed by atoms with Crippen LogP contribution in [0, 0.1) is 0 Å². The number of aliphatic hydroxyl groups is 1. The minimum absolute atomic E-state index is 0.0402. The molecule has 15 heavy (non-hydrogen) atoms. The van der Waals surface area contributed by atoms with Crippen LogP contribution in [-0.4, -0.2) is 48.8 Å². The van der Waals surface area contributed by atoms with Gasteiger partial charge in [-0.1, -0.05) is 0 Å². The molecule has 5 heteroatoms. The number of hydrogen-bond donors (Lipinski definition) is 4. The summed E-state index contributed by atoms with van der Waals surface area (Å²) >= 11 is 0. The molecule has 0 aromatic heterocycles. The van der Waals surface area contributed by atoms with Gasteiger partial charge in [0.15, 0.2) is 0 Å². The van der Waals surface area contributed by atoms with Crippen molar-refractivity contribution in [3.63, 3.8) is 0 Å².